The van der Waals surface area contributed by atoms with Crippen LogP contribution in [-0.4, -0.2) is 45.6 Å². The summed E-state index contributed by atoms with van der Waals surface area (Å²) in [6.07, 6.45) is -0.958. The first kappa shape index (κ1) is 19.7. The van der Waals surface area contributed by atoms with Crippen LogP contribution in [0.25, 0.3) is 0 Å². The number of hydrogen-bond acceptors (Lipinski definition) is 4. The van der Waals surface area contributed by atoms with Crippen molar-refractivity contribution in [3.05, 3.63) is 47.3 Å². The van der Waals surface area contributed by atoms with Gasteiger partial charge in [0, 0.05) is 31.4 Å². The van der Waals surface area contributed by atoms with E-state index in [1.807, 2.05) is 13.1 Å². The molecule has 1 saturated heterocycles. The van der Waals surface area contributed by atoms with Crippen molar-refractivity contribution in [2.24, 2.45) is 0 Å². The molecule has 5 nitrogen and oxygen atoms in total. The number of rotatable bonds is 6. The number of aryl methyl sites for hydroxylation is 1. The molecule has 1 aromatic carbocycles. The van der Waals surface area contributed by atoms with Crippen LogP contribution in [0.15, 0.2) is 30.5 Å². The molecule has 0 atom stereocenters. The predicted molar refractivity (Wildman–Crippen MR) is 94.4 cm³/mol. The number of alkyl halides is 3. The van der Waals surface area contributed by atoms with E-state index < -0.39 is 11.7 Å². The fourth-order valence-corrected chi connectivity index (χ4v) is 3.30. The summed E-state index contributed by atoms with van der Waals surface area (Å²) in [5, 5.41) is 13.4. The van der Waals surface area contributed by atoms with E-state index in [0.29, 0.717) is 6.54 Å². The molecule has 3 rings (SSSR count). The second kappa shape index (κ2) is 8.31. The van der Waals surface area contributed by atoms with Crippen LogP contribution in [0.5, 0.6) is 5.75 Å². The van der Waals surface area contributed by atoms with E-state index >= 15 is 0 Å². The highest BCUT2D eigenvalue weighted by molar-refractivity contribution is 5.30. The molecular formula is C19H24F3N3O2. The molecule has 0 spiro atoms. The van der Waals surface area contributed by atoms with Gasteiger partial charge in [0.05, 0.1) is 24.4 Å². The SMILES string of the molecule is Cc1nn(CCO)cc1CN1CCC(Oc2cccc(C(F)(F)F)c2)CC1. The van der Waals surface area contributed by atoms with Gasteiger partial charge in [-0.15, -0.1) is 0 Å². The zero-order valence-corrected chi connectivity index (χ0v) is 15.2. The Morgan fingerprint density at radius 1 is 1.26 bits per heavy atom. The molecule has 2 aromatic rings. The monoisotopic (exact) mass is 383 g/mol. The summed E-state index contributed by atoms with van der Waals surface area (Å²) < 4.78 is 45.9. The minimum atomic E-state index is -4.36. The molecule has 0 aliphatic carbocycles. The zero-order chi connectivity index (χ0) is 19.4. The molecule has 0 bridgehead atoms. The number of aromatic nitrogens is 2. The van der Waals surface area contributed by atoms with Gasteiger partial charge in [-0.2, -0.15) is 18.3 Å². The van der Waals surface area contributed by atoms with Crippen molar-refractivity contribution in [2.45, 2.75) is 45.1 Å². The lowest BCUT2D eigenvalue weighted by Gasteiger charge is -2.32. The second-order valence-electron chi connectivity index (χ2n) is 6.85. The van der Waals surface area contributed by atoms with Crippen LogP contribution in [0, 0.1) is 6.92 Å². The van der Waals surface area contributed by atoms with Gasteiger partial charge in [-0.3, -0.25) is 9.58 Å². The smallest absolute Gasteiger partial charge is 0.416 e. The van der Waals surface area contributed by atoms with Crippen LogP contribution in [0.4, 0.5) is 13.2 Å². The van der Waals surface area contributed by atoms with Crippen LogP contribution < -0.4 is 4.74 Å². The third-order valence-electron chi connectivity index (χ3n) is 4.77. The molecule has 1 aliphatic heterocycles. The van der Waals surface area contributed by atoms with Crippen LogP contribution in [0.1, 0.15) is 29.7 Å². The van der Waals surface area contributed by atoms with Gasteiger partial charge < -0.3 is 9.84 Å². The Morgan fingerprint density at radius 2 is 2.00 bits per heavy atom. The number of benzene rings is 1. The molecule has 148 valence electrons. The predicted octanol–water partition coefficient (Wildman–Crippen LogP) is 3.25. The van der Waals surface area contributed by atoms with E-state index in [4.69, 9.17) is 9.84 Å². The third-order valence-corrected chi connectivity index (χ3v) is 4.77. The molecule has 2 heterocycles. The normalized spacial score (nSPS) is 16.6. The van der Waals surface area contributed by atoms with Crippen LogP contribution in [0.3, 0.4) is 0 Å². The van der Waals surface area contributed by atoms with Gasteiger partial charge in [0.2, 0.25) is 0 Å². The van der Waals surface area contributed by atoms with Crippen molar-refractivity contribution >= 4 is 0 Å². The summed E-state index contributed by atoms with van der Waals surface area (Å²) in [4.78, 5) is 2.29. The topological polar surface area (TPSA) is 50.5 Å². The molecule has 1 aliphatic rings. The molecule has 0 amide bonds. The zero-order valence-electron chi connectivity index (χ0n) is 15.2. The van der Waals surface area contributed by atoms with Crippen molar-refractivity contribution in [2.75, 3.05) is 19.7 Å². The molecule has 1 aromatic heterocycles. The number of hydrogen-bond donors (Lipinski definition) is 1. The molecule has 1 fully saturated rings. The molecule has 1 N–H and O–H groups in total. The van der Waals surface area contributed by atoms with Crippen molar-refractivity contribution in [3.63, 3.8) is 0 Å². The van der Waals surface area contributed by atoms with E-state index in [1.54, 1.807) is 10.7 Å². The Kier molecular flexibility index (Phi) is 6.06. The molecular weight excluding hydrogens is 359 g/mol. The average molecular weight is 383 g/mol. The highest BCUT2D eigenvalue weighted by atomic mass is 19.4. The van der Waals surface area contributed by atoms with E-state index in [2.05, 4.69) is 10.00 Å². The van der Waals surface area contributed by atoms with Crippen LogP contribution >= 0.6 is 0 Å². The second-order valence-corrected chi connectivity index (χ2v) is 6.85. The highest BCUT2D eigenvalue weighted by Crippen LogP contribution is 2.32. The van der Waals surface area contributed by atoms with E-state index in [1.165, 1.54) is 6.07 Å². The maximum absolute atomic E-state index is 12.8. The van der Waals surface area contributed by atoms with Gasteiger partial charge >= 0.3 is 6.18 Å². The fourth-order valence-electron chi connectivity index (χ4n) is 3.30. The Balaban J connectivity index is 1.52. The summed E-state index contributed by atoms with van der Waals surface area (Å²) >= 11 is 0. The van der Waals surface area contributed by atoms with Gasteiger partial charge in [0.25, 0.3) is 0 Å². The first-order valence-electron chi connectivity index (χ1n) is 9.05. The maximum atomic E-state index is 12.8. The minimum Gasteiger partial charge on any atom is -0.490 e. The average Bonchev–Trinajstić information content (AvgIpc) is 2.96. The number of ether oxygens (including phenoxy) is 1. The molecule has 8 heteroatoms. The molecule has 0 unspecified atom stereocenters. The molecule has 27 heavy (non-hydrogen) atoms. The van der Waals surface area contributed by atoms with Crippen LogP contribution in [0.2, 0.25) is 0 Å². The first-order valence-corrected chi connectivity index (χ1v) is 9.05. The van der Waals surface area contributed by atoms with Gasteiger partial charge in [-0.25, -0.2) is 0 Å². The maximum Gasteiger partial charge on any atom is 0.416 e. The number of halogens is 3. The molecule has 0 radical (unpaired) electrons. The van der Waals surface area contributed by atoms with Crippen molar-refractivity contribution in [3.8, 4) is 5.75 Å². The van der Waals surface area contributed by atoms with E-state index in [0.717, 1.165) is 55.9 Å². The Labute approximate surface area is 156 Å². The minimum absolute atomic E-state index is 0.0544. The Bertz CT molecular complexity index is 753. The van der Waals surface area contributed by atoms with Crippen molar-refractivity contribution in [1.29, 1.82) is 0 Å². The molecule has 0 saturated carbocycles. The number of aliphatic hydroxyl groups is 1. The summed E-state index contributed by atoms with van der Waals surface area (Å²) in [5.41, 5.74) is 1.39. The van der Waals surface area contributed by atoms with Gasteiger partial charge in [0.15, 0.2) is 0 Å². The lowest BCUT2D eigenvalue weighted by molar-refractivity contribution is -0.137. The largest absolute Gasteiger partial charge is 0.490 e. The first-order chi connectivity index (χ1) is 12.8. The number of piperidine rings is 1. The lowest BCUT2D eigenvalue weighted by atomic mass is 10.1. The summed E-state index contributed by atoms with van der Waals surface area (Å²) in [5.74, 6) is 0.268. The van der Waals surface area contributed by atoms with E-state index in [9.17, 15) is 13.2 Å². The number of likely N-dealkylation sites (tertiary alicyclic amines) is 1. The quantitative estimate of drug-likeness (QED) is 0.832. The van der Waals surface area contributed by atoms with Gasteiger partial charge in [-0.05, 0) is 38.0 Å². The van der Waals surface area contributed by atoms with Crippen molar-refractivity contribution in [1.82, 2.24) is 14.7 Å². The number of aliphatic hydroxyl groups excluding tert-OH is 1. The third kappa shape index (κ3) is 5.23. The number of nitrogens with zero attached hydrogens (tertiary/aromatic N) is 3. The Hall–Kier alpha value is -2.06. The summed E-state index contributed by atoms with van der Waals surface area (Å²) in [6, 6.07) is 5.06. The Morgan fingerprint density at radius 3 is 2.67 bits per heavy atom. The van der Waals surface area contributed by atoms with Gasteiger partial charge in [0.1, 0.15) is 11.9 Å². The van der Waals surface area contributed by atoms with E-state index in [-0.39, 0.29) is 18.5 Å². The lowest BCUT2D eigenvalue weighted by Crippen LogP contribution is -2.37. The van der Waals surface area contributed by atoms with Crippen LogP contribution in [-0.2, 0) is 19.3 Å². The summed E-state index contributed by atoms with van der Waals surface area (Å²) in [6.45, 7) is 4.88. The highest BCUT2D eigenvalue weighted by Gasteiger charge is 2.31. The standard InChI is InChI=1S/C19H24F3N3O2/c1-14-15(13-25(23-14)9-10-26)12-24-7-5-17(6-8-24)27-18-4-2-3-16(11-18)19(20,21)22/h2-4,11,13,17,26H,5-10,12H2,1H3. The van der Waals surface area contributed by atoms with Gasteiger partial charge in [-0.1, -0.05) is 6.07 Å². The van der Waals surface area contributed by atoms with Crippen molar-refractivity contribution < 1.29 is 23.0 Å². The summed E-state index contributed by atoms with van der Waals surface area (Å²) in [7, 11) is 0. The fraction of sp³-hybridized carbons (Fsp3) is 0.526.